The molecule has 0 spiro atoms. The highest BCUT2D eigenvalue weighted by Gasteiger charge is 2.20. The van der Waals surface area contributed by atoms with Crippen LogP contribution >= 0.6 is 11.6 Å². The summed E-state index contributed by atoms with van der Waals surface area (Å²) in [5.74, 6) is 0.829. The number of nitrogens with zero attached hydrogens (tertiary/aromatic N) is 3. The summed E-state index contributed by atoms with van der Waals surface area (Å²) in [6.45, 7) is 2.85. The molecule has 1 atom stereocenters. The van der Waals surface area contributed by atoms with Crippen molar-refractivity contribution in [2.24, 2.45) is 0 Å². The van der Waals surface area contributed by atoms with Crippen LogP contribution in [0.3, 0.4) is 0 Å². The van der Waals surface area contributed by atoms with Gasteiger partial charge in [0, 0.05) is 43.1 Å². The summed E-state index contributed by atoms with van der Waals surface area (Å²) in [4.78, 5) is 10.9. The highest BCUT2D eigenvalue weighted by molar-refractivity contribution is 6.30. The lowest BCUT2D eigenvalue weighted by Gasteiger charge is -2.33. The van der Waals surface area contributed by atoms with E-state index in [2.05, 4.69) is 32.3 Å². The molecule has 110 valence electrons. The molecule has 1 aromatic heterocycles. The fourth-order valence-electron chi connectivity index (χ4n) is 2.64. The third-order valence-electron chi connectivity index (χ3n) is 3.76. The molecule has 0 aliphatic carbocycles. The summed E-state index contributed by atoms with van der Waals surface area (Å²) < 4.78 is 0. The van der Waals surface area contributed by atoms with Crippen molar-refractivity contribution < 1.29 is 0 Å². The minimum absolute atomic E-state index is 0.471. The summed E-state index contributed by atoms with van der Waals surface area (Å²) in [5.41, 5.74) is 1.26. The second-order valence-electron chi connectivity index (χ2n) is 5.34. The van der Waals surface area contributed by atoms with Crippen LogP contribution in [0.15, 0.2) is 42.7 Å². The second kappa shape index (κ2) is 6.87. The van der Waals surface area contributed by atoms with Crippen LogP contribution in [-0.2, 0) is 6.54 Å². The third-order valence-corrected chi connectivity index (χ3v) is 4.02. The average molecular weight is 303 g/mol. The van der Waals surface area contributed by atoms with Crippen molar-refractivity contribution in [1.29, 1.82) is 0 Å². The molecule has 2 aromatic rings. The first-order chi connectivity index (χ1) is 10.3. The van der Waals surface area contributed by atoms with E-state index in [-0.39, 0.29) is 0 Å². The Balaban J connectivity index is 1.55. The van der Waals surface area contributed by atoms with Crippen LogP contribution in [0.1, 0.15) is 18.4 Å². The largest absolute Gasteiger partial charge is 0.339 e. The van der Waals surface area contributed by atoms with Gasteiger partial charge in [-0.15, -0.1) is 0 Å². The zero-order valence-corrected chi connectivity index (χ0v) is 12.6. The number of rotatable bonds is 4. The van der Waals surface area contributed by atoms with Gasteiger partial charge in [-0.1, -0.05) is 23.7 Å². The first-order valence-corrected chi connectivity index (χ1v) is 7.69. The molecular weight excluding hydrogens is 284 g/mol. The smallest absolute Gasteiger partial charge is 0.225 e. The third kappa shape index (κ3) is 3.93. The Morgan fingerprint density at radius 1 is 1.19 bits per heavy atom. The van der Waals surface area contributed by atoms with Crippen LogP contribution in [0.5, 0.6) is 0 Å². The van der Waals surface area contributed by atoms with E-state index in [1.165, 1.54) is 12.0 Å². The van der Waals surface area contributed by atoms with Crippen molar-refractivity contribution in [3.05, 3.63) is 53.3 Å². The highest BCUT2D eigenvalue weighted by atomic mass is 35.5. The monoisotopic (exact) mass is 302 g/mol. The van der Waals surface area contributed by atoms with E-state index in [1.54, 1.807) is 12.4 Å². The first kappa shape index (κ1) is 14.3. The number of aromatic nitrogens is 2. The zero-order valence-electron chi connectivity index (χ0n) is 11.9. The minimum atomic E-state index is 0.471. The summed E-state index contributed by atoms with van der Waals surface area (Å²) in [7, 11) is 0. The second-order valence-corrected chi connectivity index (χ2v) is 5.78. The molecule has 4 nitrogen and oxygen atoms in total. The molecule has 0 saturated carbocycles. The molecule has 1 aromatic carbocycles. The Hall–Kier alpha value is -1.65. The number of halogens is 1. The van der Waals surface area contributed by atoms with Gasteiger partial charge in [0.05, 0.1) is 0 Å². The van der Waals surface area contributed by atoms with Crippen molar-refractivity contribution in [2.45, 2.75) is 25.4 Å². The summed E-state index contributed by atoms with van der Waals surface area (Å²) in [5, 5.41) is 4.40. The Kier molecular flexibility index (Phi) is 4.68. The van der Waals surface area contributed by atoms with Crippen LogP contribution < -0.4 is 10.2 Å². The molecule has 0 radical (unpaired) electrons. The fraction of sp³-hybridized carbons (Fsp3) is 0.375. The summed E-state index contributed by atoms with van der Waals surface area (Å²) in [6, 6.07) is 10.3. The molecule has 1 fully saturated rings. The van der Waals surface area contributed by atoms with Gasteiger partial charge in [-0.05, 0) is 36.6 Å². The van der Waals surface area contributed by atoms with Gasteiger partial charge in [0.2, 0.25) is 5.95 Å². The van der Waals surface area contributed by atoms with Gasteiger partial charge in [-0.2, -0.15) is 0 Å². The van der Waals surface area contributed by atoms with Crippen molar-refractivity contribution in [3.8, 4) is 0 Å². The number of piperidine rings is 1. The highest BCUT2D eigenvalue weighted by Crippen LogP contribution is 2.16. The quantitative estimate of drug-likeness (QED) is 0.943. The molecule has 5 heteroatoms. The van der Waals surface area contributed by atoms with Crippen molar-refractivity contribution in [1.82, 2.24) is 15.3 Å². The van der Waals surface area contributed by atoms with E-state index in [0.29, 0.717) is 6.04 Å². The van der Waals surface area contributed by atoms with Crippen LogP contribution in [0.25, 0.3) is 0 Å². The number of hydrogen-bond acceptors (Lipinski definition) is 4. The van der Waals surface area contributed by atoms with Crippen molar-refractivity contribution in [2.75, 3.05) is 18.0 Å². The Bertz CT molecular complexity index is 558. The first-order valence-electron chi connectivity index (χ1n) is 7.31. The molecular formula is C16H19ClN4. The number of benzene rings is 1. The number of nitrogens with one attached hydrogen (secondary N) is 1. The maximum atomic E-state index is 5.91. The fourth-order valence-corrected chi connectivity index (χ4v) is 2.77. The van der Waals surface area contributed by atoms with E-state index in [1.807, 2.05) is 18.2 Å². The number of hydrogen-bond donors (Lipinski definition) is 1. The molecule has 1 saturated heterocycles. The molecule has 2 heterocycles. The van der Waals surface area contributed by atoms with Gasteiger partial charge in [0.25, 0.3) is 0 Å². The lowest BCUT2D eigenvalue weighted by molar-refractivity contribution is 0.418. The van der Waals surface area contributed by atoms with E-state index in [9.17, 15) is 0 Å². The van der Waals surface area contributed by atoms with Crippen LogP contribution in [0.4, 0.5) is 5.95 Å². The summed E-state index contributed by atoms with van der Waals surface area (Å²) >= 11 is 5.91. The van der Waals surface area contributed by atoms with Crippen LogP contribution in [0.2, 0.25) is 5.02 Å². The molecule has 21 heavy (non-hydrogen) atoms. The molecule has 0 bridgehead atoms. The van der Waals surface area contributed by atoms with E-state index >= 15 is 0 Å². The molecule has 1 aliphatic rings. The Morgan fingerprint density at radius 2 is 1.95 bits per heavy atom. The molecule has 3 rings (SSSR count). The lowest BCUT2D eigenvalue weighted by Crippen LogP contribution is -2.46. The van der Waals surface area contributed by atoms with Crippen LogP contribution in [-0.4, -0.2) is 29.1 Å². The van der Waals surface area contributed by atoms with Crippen molar-refractivity contribution >= 4 is 17.5 Å². The molecule has 1 N–H and O–H groups in total. The molecule has 1 aliphatic heterocycles. The predicted molar refractivity (Wildman–Crippen MR) is 85.6 cm³/mol. The normalized spacial score (nSPS) is 18.7. The molecule has 0 amide bonds. The van der Waals surface area contributed by atoms with E-state index in [4.69, 9.17) is 11.6 Å². The van der Waals surface area contributed by atoms with Gasteiger partial charge in [-0.25, -0.2) is 9.97 Å². The topological polar surface area (TPSA) is 41.0 Å². The maximum Gasteiger partial charge on any atom is 0.225 e. The van der Waals surface area contributed by atoms with Gasteiger partial charge in [0.15, 0.2) is 0 Å². The maximum absolute atomic E-state index is 5.91. The average Bonchev–Trinajstić information content (AvgIpc) is 2.55. The SMILES string of the molecule is Clc1ccc(CN[C@H]2CCCN(c3ncccn3)C2)cc1. The lowest BCUT2D eigenvalue weighted by atomic mass is 10.1. The summed E-state index contributed by atoms with van der Waals surface area (Å²) in [6.07, 6.45) is 5.95. The Morgan fingerprint density at radius 3 is 2.71 bits per heavy atom. The van der Waals surface area contributed by atoms with Gasteiger partial charge < -0.3 is 10.2 Å². The van der Waals surface area contributed by atoms with Gasteiger partial charge in [0.1, 0.15) is 0 Å². The van der Waals surface area contributed by atoms with Crippen LogP contribution in [0, 0.1) is 0 Å². The zero-order chi connectivity index (χ0) is 14.5. The van der Waals surface area contributed by atoms with Crippen molar-refractivity contribution in [3.63, 3.8) is 0 Å². The Labute approximate surface area is 130 Å². The standard InChI is InChI=1S/C16H19ClN4/c17-14-6-4-13(5-7-14)11-20-15-3-1-10-21(12-15)16-18-8-2-9-19-16/h2,4-9,15,20H,1,3,10-12H2/t15-/m0/s1. The van der Waals surface area contributed by atoms with Gasteiger partial charge in [-0.3, -0.25) is 0 Å². The number of anilines is 1. The van der Waals surface area contributed by atoms with E-state index in [0.717, 1.165) is 37.0 Å². The predicted octanol–water partition coefficient (Wildman–Crippen LogP) is 2.89. The molecule has 0 unspecified atom stereocenters. The minimum Gasteiger partial charge on any atom is -0.339 e. The van der Waals surface area contributed by atoms with Gasteiger partial charge >= 0.3 is 0 Å². The van der Waals surface area contributed by atoms with E-state index < -0.39 is 0 Å².